The zero-order valence-electron chi connectivity index (χ0n) is 11.2. The van der Waals surface area contributed by atoms with Gasteiger partial charge >= 0.3 is 0 Å². The third kappa shape index (κ3) is 2.55. The second-order valence-corrected chi connectivity index (χ2v) is 5.36. The van der Waals surface area contributed by atoms with Gasteiger partial charge < -0.3 is 10.1 Å². The van der Waals surface area contributed by atoms with E-state index < -0.39 is 0 Å². The molecule has 0 unspecified atom stereocenters. The molecule has 6 nitrogen and oxygen atoms in total. The first-order chi connectivity index (χ1) is 9.66. The van der Waals surface area contributed by atoms with Crippen LogP contribution in [0.2, 0.25) is 0 Å². The normalized spacial score (nSPS) is 16.4. The highest BCUT2D eigenvalue weighted by Gasteiger charge is 2.33. The second kappa shape index (κ2) is 5.05. The van der Waals surface area contributed by atoms with Gasteiger partial charge in [0, 0.05) is 30.6 Å². The summed E-state index contributed by atoms with van der Waals surface area (Å²) in [4.78, 5) is 20.2. The third-order valence-corrected chi connectivity index (χ3v) is 3.36. The minimum atomic E-state index is -0.109. The largest absolute Gasteiger partial charge is 0.380 e. The van der Waals surface area contributed by atoms with E-state index in [2.05, 4.69) is 22.2 Å². The van der Waals surface area contributed by atoms with Crippen LogP contribution in [0, 0.1) is 5.41 Å². The molecule has 0 radical (unpaired) electrons. The van der Waals surface area contributed by atoms with E-state index in [9.17, 15) is 4.79 Å². The molecule has 104 valence electrons. The summed E-state index contributed by atoms with van der Waals surface area (Å²) >= 11 is 0. The number of imidazole rings is 1. The van der Waals surface area contributed by atoms with E-state index in [-0.39, 0.29) is 11.3 Å². The van der Waals surface area contributed by atoms with Gasteiger partial charge in [-0.15, -0.1) is 0 Å². The van der Waals surface area contributed by atoms with Crippen molar-refractivity contribution in [3.63, 3.8) is 0 Å². The maximum absolute atomic E-state index is 12.0. The van der Waals surface area contributed by atoms with Gasteiger partial charge in [0.1, 0.15) is 12.1 Å². The summed E-state index contributed by atoms with van der Waals surface area (Å²) in [5, 5.41) is 2.92. The van der Waals surface area contributed by atoms with Crippen LogP contribution in [-0.4, -0.2) is 40.2 Å². The lowest BCUT2D eigenvalue weighted by Crippen LogP contribution is -2.48. The third-order valence-electron chi connectivity index (χ3n) is 3.36. The van der Waals surface area contributed by atoms with Gasteiger partial charge in [-0.05, 0) is 12.1 Å². The van der Waals surface area contributed by atoms with Crippen LogP contribution in [-0.2, 0) is 4.74 Å². The molecular weight excluding hydrogens is 256 g/mol. The van der Waals surface area contributed by atoms with Crippen molar-refractivity contribution in [2.45, 2.75) is 6.92 Å². The molecule has 0 aromatic carbocycles. The number of nitrogens with one attached hydrogen (secondary N) is 1. The van der Waals surface area contributed by atoms with Crippen molar-refractivity contribution in [3.8, 4) is 5.82 Å². The summed E-state index contributed by atoms with van der Waals surface area (Å²) < 4.78 is 6.95. The molecule has 6 heteroatoms. The maximum Gasteiger partial charge on any atom is 0.252 e. The number of rotatable bonds is 4. The smallest absolute Gasteiger partial charge is 0.252 e. The molecule has 3 rings (SSSR count). The topological polar surface area (TPSA) is 69.0 Å². The van der Waals surface area contributed by atoms with Crippen molar-refractivity contribution < 1.29 is 9.53 Å². The molecule has 0 aliphatic carbocycles. The predicted octanol–water partition coefficient (Wildman–Crippen LogP) is 1.03. The minimum absolute atomic E-state index is 0.0693. The van der Waals surface area contributed by atoms with Crippen molar-refractivity contribution in [1.82, 2.24) is 19.9 Å². The molecule has 0 spiro atoms. The van der Waals surface area contributed by atoms with Gasteiger partial charge in [-0.3, -0.25) is 9.36 Å². The fraction of sp³-hybridized carbons (Fsp3) is 0.357. The summed E-state index contributed by atoms with van der Waals surface area (Å²) in [6, 6.07) is 3.56. The van der Waals surface area contributed by atoms with Gasteiger partial charge in [0.25, 0.3) is 5.91 Å². The van der Waals surface area contributed by atoms with Gasteiger partial charge in [0.15, 0.2) is 0 Å². The van der Waals surface area contributed by atoms with E-state index in [1.165, 1.54) is 0 Å². The van der Waals surface area contributed by atoms with E-state index >= 15 is 0 Å². The zero-order valence-corrected chi connectivity index (χ0v) is 11.2. The molecule has 1 fully saturated rings. The molecule has 1 saturated heterocycles. The van der Waals surface area contributed by atoms with Gasteiger partial charge in [0.2, 0.25) is 0 Å². The highest BCUT2D eigenvalue weighted by atomic mass is 16.5. The van der Waals surface area contributed by atoms with E-state index in [0.29, 0.717) is 25.3 Å². The highest BCUT2D eigenvalue weighted by Crippen LogP contribution is 2.25. The SMILES string of the molecule is CC1(CNC(=O)c2ccc(-n3ccnc3)nc2)COC1. The number of pyridine rings is 1. The van der Waals surface area contributed by atoms with Gasteiger partial charge in [-0.25, -0.2) is 9.97 Å². The Balaban J connectivity index is 1.63. The van der Waals surface area contributed by atoms with Gasteiger partial charge in [-0.2, -0.15) is 0 Å². The van der Waals surface area contributed by atoms with Crippen molar-refractivity contribution in [2.24, 2.45) is 5.41 Å². The summed E-state index contributed by atoms with van der Waals surface area (Å²) in [5.41, 5.74) is 0.623. The molecule has 3 heterocycles. The van der Waals surface area contributed by atoms with Crippen molar-refractivity contribution in [1.29, 1.82) is 0 Å². The minimum Gasteiger partial charge on any atom is -0.380 e. The lowest BCUT2D eigenvalue weighted by Gasteiger charge is -2.37. The molecular formula is C14H16N4O2. The first-order valence-electron chi connectivity index (χ1n) is 6.47. The molecule has 1 N–H and O–H groups in total. The molecule has 1 aliphatic rings. The first-order valence-corrected chi connectivity index (χ1v) is 6.47. The average Bonchev–Trinajstić information content (AvgIpc) is 2.97. The van der Waals surface area contributed by atoms with Crippen LogP contribution in [0.5, 0.6) is 0 Å². The lowest BCUT2D eigenvalue weighted by molar-refractivity contribution is -0.0978. The molecule has 1 amide bonds. The molecule has 0 atom stereocenters. The Morgan fingerprint density at radius 2 is 2.35 bits per heavy atom. The Bertz CT molecular complexity index is 588. The van der Waals surface area contributed by atoms with E-state index in [1.54, 1.807) is 41.6 Å². The number of nitrogens with zero attached hydrogens (tertiary/aromatic N) is 3. The Kier molecular flexibility index (Phi) is 3.23. The molecule has 1 aliphatic heterocycles. The lowest BCUT2D eigenvalue weighted by atomic mass is 9.89. The number of ether oxygens (including phenoxy) is 1. The van der Waals surface area contributed by atoms with Crippen molar-refractivity contribution in [2.75, 3.05) is 19.8 Å². The maximum atomic E-state index is 12.0. The monoisotopic (exact) mass is 272 g/mol. The standard InChI is InChI=1S/C14H16N4O2/c1-14(8-20-9-14)7-17-13(19)11-2-3-12(16-6-11)18-5-4-15-10-18/h2-6,10H,7-9H2,1H3,(H,17,19). The van der Waals surface area contributed by atoms with Gasteiger partial charge in [0.05, 0.1) is 18.8 Å². The highest BCUT2D eigenvalue weighted by molar-refractivity contribution is 5.93. The summed E-state index contributed by atoms with van der Waals surface area (Å²) in [7, 11) is 0. The number of carbonyl (C=O) groups is 1. The van der Waals surface area contributed by atoms with Crippen LogP contribution in [0.3, 0.4) is 0 Å². The van der Waals surface area contributed by atoms with Crippen LogP contribution in [0.15, 0.2) is 37.1 Å². The second-order valence-electron chi connectivity index (χ2n) is 5.36. The fourth-order valence-corrected chi connectivity index (χ4v) is 2.02. The zero-order chi connectivity index (χ0) is 14.0. The van der Waals surface area contributed by atoms with E-state index in [4.69, 9.17) is 4.74 Å². The molecule has 2 aromatic rings. The molecule has 0 saturated carbocycles. The van der Waals surface area contributed by atoms with Crippen LogP contribution in [0.1, 0.15) is 17.3 Å². The van der Waals surface area contributed by atoms with Crippen molar-refractivity contribution >= 4 is 5.91 Å². The summed E-state index contributed by atoms with van der Waals surface area (Å²) in [5.74, 6) is 0.626. The Hall–Kier alpha value is -2.21. The van der Waals surface area contributed by atoms with Crippen LogP contribution >= 0.6 is 0 Å². The first kappa shape index (κ1) is 12.8. The fourth-order valence-electron chi connectivity index (χ4n) is 2.02. The van der Waals surface area contributed by atoms with Crippen LogP contribution < -0.4 is 5.32 Å². The van der Waals surface area contributed by atoms with Crippen LogP contribution in [0.25, 0.3) is 5.82 Å². The van der Waals surface area contributed by atoms with Crippen molar-refractivity contribution in [3.05, 3.63) is 42.6 Å². The molecule has 20 heavy (non-hydrogen) atoms. The van der Waals surface area contributed by atoms with E-state index in [1.807, 2.05) is 0 Å². The summed E-state index contributed by atoms with van der Waals surface area (Å²) in [6.45, 7) is 4.11. The van der Waals surface area contributed by atoms with Gasteiger partial charge in [-0.1, -0.05) is 6.92 Å². The number of aromatic nitrogens is 3. The Labute approximate surface area is 116 Å². The predicted molar refractivity (Wildman–Crippen MR) is 72.6 cm³/mol. The number of hydrogen-bond acceptors (Lipinski definition) is 4. The number of hydrogen-bond donors (Lipinski definition) is 1. The Morgan fingerprint density at radius 1 is 1.50 bits per heavy atom. The average molecular weight is 272 g/mol. The van der Waals surface area contributed by atoms with Crippen LogP contribution in [0.4, 0.5) is 0 Å². The Morgan fingerprint density at radius 3 is 2.90 bits per heavy atom. The summed E-state index contributed by atoms with van der Waals surface area (Å²) in [6.07, 6.45) is 6.73. The quantitative estimate of drug-likeness (QED) is 0.902. The molecule has 0 bridgehead atoms. The number of amides is 1. The number of carbonyl (C=O) groups excluding carboxylic acids is 1. The molecule has 2 aromatic heterocycles. The van der Waals surface area contributed by atoms with E-state index in [0.717, 1.165) is 5.82 Å².